The smallest absolute Gasteiger partial charge is 0.254 e. The molecule has 0 amide bonds. The molecule has 0 atom stereocenters. The molecule has 0 aliphatic rings. The summed E-state index contributed by atoms with van der Waals surface area (Å²) in [5.74, 6) is -0.208. The van der Waals surface area contributed by atoms with Crippen LogP contribution in [0.15, 0.2) is 11.0 Å². The molecule has 5 nitrogen and oxygen atoms in total. The van der Waals surface area contributed by atoms with Crippen molar-refractivity contribution in [3.8, 4) is 0 Å². The zero-order valence-corrected chi connectivity index (χ0v) is 7.30. The van der Waals surface area contributed by atoms with Crippen molar-refractivity contribution in [3.63, 3.8) is 0 Å². The molecule has 0 N–H and O–H groups in total. The number of nitrogens with zero attached hydrogens (tertiary/aromatic N) is 4. The summed E-state index contributed by atoms with van der Waals surface area (Å²) >= 11 is 2.39. The molecule has 2 heterocycles. The van der Waals surface area contributed by atoms with Crippen molar-refractivity contribution >= 4 is 28.5 Å². The molecule has 0 bridgehead atoms. The van der Waals surface area contributed by atoms with Gasteiger partial charge in [-0.15, -0.1) is 20.4 Å². The van der Waals surface area contributed by atoms with Crippen LogP contribution in [0.5, 0.6) is 0 Å². The zero-order valence-electron chi connectivity index (χ0n) is 5.67. The summed E-state index contributed by atoms with van der Waals surface area (Å²) in [6.07, 6.45) is 0. The third-order valence-electron chi connectivity index (χ3n) is 1.11. The first-order chi connectivity index (χ1) is 5.88. The largest absolute Gasteiger partial charge is 0.283 e. The summed E-state index contributed by atoms with van der Waals surface area (Å²) in [6.45, 7) is 0. The van der Waals surface area contributed by atoms with Crippen LogP contribution in [0.3, 0.4) is 0 Å². The Kier molecular flexibility index (Phi) is 1.88. The fraction of sp³-hybridized carbons (Fsp3) is 0. The number of ketones is 1. The molecule has 0 aliphatic carbocycles. The maximum absolute atomic E-state index is 11.4. The van der Waals surface area contributed by atoms with Crippen molar-refractivity contribution in [2.75, 3.05) is 0 Å². The van der Waals surface area contributed by atoms with Crippen LogP contribution >= 0.6 is 22.7 Å². The van der Waals surface area contributed by atoms with Gasteiger partial charge in [0.1, 0.15) is 11.0 Å². The molecule has 2 aromatic heterocycles. The van der Waals surface area contributed by atoms with Crippen LogP contribution in [0.25, 0.3) is 0 Å². The van der Waals surface area contributed by atoms with Gasteiger partial charge >= 0.3 is 0 Å². The second kappa shape index (κ2) is 3.03. The topological polar surface area (TPSA) is 68.6 Å². The first kappa shape index (κ1) is 7.44. The van der Waals surface area contributed by atoms with Gasteiger partial charge in [-0.2, -0.15) is 0 Å². The Labute approximate surface area is 75.1 Å². The Bertz CT molecular complexity index is 332. The van der Waals surface area contributed by atoms with E-state index in [0.717, 1.165) is 0 Å². The lowest BCUT2D eigenvalue weighted by atomic mass is 10.4. The summed E-state index contributed by atoms with van der Waals surface area (Å²) in [7, 11) is 0. The lowest BCUT2D eigenvalue weighted by Gasteiger charge is -1.84. The fourth-order valence-corrected chi connectivity index (χ4v) is 1.68. The van der Waals surface area contributed by atoms with Gasteiger partial charge in [-0.25, -0.2) is 0 Å². The molecule has 0 aromatic carbocycles. The second-order valence-electron chi connectivity index (χ2n) is 1.82. The first-order valence-corrected chi connectivity index (χ1v) is 4.71. The van der Waals surface area contributed by atoms with E-state index in [-0.39, 0.29) is 5.78 Å². The molecule has 0 unspecified atom stereocenters. The Balaban J connectivity index is 2.34. The van der Waals surface area contributed by atoms with E-state index < -0.39 is 0 Å². The number of hydrogen-bond donors (Lipinski definition) is 0. The molecule has 2 rings (SSSR count). The van der Waals surface area contributed by atoms with E-state index in [1.807, 2.05) is 0 Å². The van der Waals surface area contributed by atoms with Gasteiger partial charge in [0, 0.05) is 0 Å². The molecule has 0 aliphatic heterocycles. The van der Waals surface area contributed by atoms with E-state index in [1.165, 1.54) is 33.7 Å². The first-order valence-electron chi connectivity index (χ1n) is 2.95. The molecular weight excluding hydrogens is 196 g/mol. The predicted molar refractivity (Wildman–Crippen MR) is 43.3 cm³/mol. The maximum atomic E-state index is 11.4. The molecule has 2 aromatic rings. The highest BCUT2D eigenvalue weighted by molar-refractivity contribution is 7.14. The zero-order chi connectivity index (χ0) is 8.39. The van der Waals surface area contributed by atoms with E-state index in [1.54, 1.807) is 0 Å². The molecule has 0 saturated heterocycles. The summed E-state index contributed by atoms with van der Waals surface area (Å²) in [6, 6.07) is 0. The van der Waals surface area contributed by atoms with Crippen molar-refractivity contribution < 1.29 is 4.79 Å². The molecular formula is C5H2N4OS2. The highest BCUT2D eigenvalue weighted by Gasteiger charge is 2.15. The van der Waals surface area contributed by atoms with Crippen LogP contribution in [0.1, 0.15) is 14.8 Å². The van der Waals surface area contributed by atoms with Gasteiger partial charge in [0.15, 0.2) is 10.0 Å². The van der Waals surface area contributed by atoms with E-state index in [9.17, 15) is 4.79 Å². The Morgan fingerprint density at radius 1 is 1.08 bits per heavy atom. The average molecular weight is 198 g/mol. The standard InChI is InChI=1S/C5H2N4OS2/c10-3(4-8-6-1-11-4)5-9-7-2-12-5/h1-2H. The summed E-state index contributed by atoms with van der Waals surface area (Å²) in [4.78, 5) is 11.4. The Hall–Kier alpha value is -1.21. The third kappa shape index (κ3) is 1.23. The minimum atomic E-state index is -0.208. The highest BCUT2D eigenvalue weighted by atomic mass is 32.1. The van der Waals surface area contributed by atoms with Gasteiger partial charge in [-0.1, -0.05) is 22.7 Å². The van der Waals surface area contributed by atoms with Crippen molar-refractivity contribution in [2.24, 2.45) is 0 Å². The average Bonchev–Trinajstić information content (AvgIpc) is 2.77. The normalized spacial score (nSPS) is 10.0. The van der Waals surface area contributed by atoms with Gasteiger partial charge in [-0.3, -0.25) is 4.79 Å². The van der Waals surface area contributed by atoms with Crippen molar-refractivity contribution in [2.45, 2.75) is 0 Å². The monoisotopic (exact) mass is 198 g/mol. The van der Waals surface area contributed by atoms with Gasteiger partial charge in [-0.05, 0) is 0 Å². The van der Waals surface area contributed by atoms with Gasteiger partial charge in [0.25, 0.3) is 5.78 Å². The second-order valence-corrected chi connectivity index (χ2v) is 3.48. The minimum Gasteiger partial charge on any atom is -0.283 e. The van der Waals surface area contributed by atoms with Crippen LogP contribution in [0.4, 0.5) is 0 Å². The lowest BCUT2D eigenvalue weighted by Crippen LogP contribution is -1.99. The van der Waals surface area contributed by atoms with Crippen LogP contribution in [-0.4, -0.2) is 26.2 Å². The van der Waals surface area contributed by atoms with Gasteiger partial charge in [0.2, 0.25) is 0 Å². The molecule has 12 heavy (non-hydrogen) atoms. The number of rotatable bonds is 2. The van der Waals surface area contributed by atoms with Crippen molar-refractivity contribution in [3.05, 3.63) is 21.0 Å². The SMILES string of the molecule is O=C(c1nncs1)c1nncs1. The Morgan fingerprint density at radius 2 is 1.58 bits per heavy atom. The molecule has 0 saturated carbocycles. The molecule has 7 heteroatoms. The summed E-state index contributed by atoms with van der Waals surface area (Å²) < 4.78 is 0. The lowest BCUT2D eigenvalue weighted by molar-refractivity contribution is 0.103. The Morgan fingerprint density at radius 3 is 1.92 bits per heavy atom. The van der Waals surface area contributed by atoms with Crippen LogP contribution in [0, 0.1) is 0 Å². The van der Waals surface area contributed by atoms with Gasteiger partial charge in [0.05, 0.1) is 0 Å². The molecule has 60 valence electrons. The predicted octanol–water partition coefficient (Wildman–Crippen LogP) is 0.621. The van der Waals surface area contributed by atoms with E-state index >= 15 is 0 Å². The van der Waals surface area contributed by atoms with Crippen LogP contribution in [0.2, 0.25) is 0 Å². The number of carbonyl (C=O) groups is 1. The fourth-order valence-electron chi connectivity index (χ4n) is 0.635. The number of carbonyl (C=O) groups excluding carboxylic acids is 1. The summed E-state index contributed by atoms with van der Waals surface area (Å²) in [5, 5.41) is 15.1. The van der Waals surface area contributed by atoms with Crippen LogP contribution in [-0.2, 0) is 0 Å². The van der Waals surface area contributed by atoms with E-state index in [0.29, 0.717) is 10.0 Å². The molecule has 0 fully saturated rings. The minimum absolute atomic E-state index is 0.208. The van der Waals surface area contributed by atoms with Gasteiger partial charge < -0.3 is 0 Å². The van der Waals surface area contributed by atoms with E-state index in [4.69, 9.17) is 0 Å². The number of aromatic nitrogens is 4. The maximum Gasteiger partial charge on any atom is 0.254 e. The third-order valence-corrected chi connectivity index (χ3v) is 2.49. The highest BCUT2D eigenvalue weighted by Crippen LogP contribution is 2.11. The van der Waals surface area contributed by atoms with Crippen LogP contribution < -0.4 is 0 Å². The van der Waals surface area contributed by atoms with E-state index in [2.05, 4.69) is 20.4 Å². The molecule has 0 radical (unpaired) electrons. The van der Waals surface area contributed by atoms with Crippen molar-refractivity contribution in [1.82, 2.24) is 20.4 Å². The quantitative estimate of drug-likeness (QED) is 0.662. The van der Waals surface area contributed by atoms with Crippen molar-refractivity contribution in [1.29, 1.82) is 0 Å². The number of hydrogen-bond acceptors (Lipinski definition) is 7. The summed E-state index contributed by atoms with van der Waals surface area (Å²) in [5.41, 5.74) is 3.02. The molecule has 0 spiro atoms.